The molecule has 0 radical (unpaired) electrons. The molecule has 0 amide bonds. The van der Waals surface area contributed by atoms with Crippen molar-refractivity contribution in [3.05, 3.63) is 58.6 Å². The van der Waals surface area contributed by atoms with E-state index in [0.29, 0.717) is 0 Å². The van der Waals surface area contributed by atoms with Gasteiger partial charge in [0.1, 0.15) is 11.5 Å². The van der Waals surface area contributed by atoms with E-state index in [4.69, 9.17) is 22.1 Å². The van der Waals surface area contributed by atoms with Crippen molar-refractivity contribution >= 4 is 11.6 Å². The Bertz CT molecular complexity index is 551. The number of rotatable bonds is 4. The molecule has 0 unspecified atom stereocenters. The first-order valence-electron chi connectivity index (χ1n) is 6.39. The molecule has 0 bridgehead atoms. The predicted molar refractivity (Wildman–Crippen MR) is 79.9 cm³/mol. The maximum atomic E-state index is 5.99. The van der Waals surface area contributed by atoms with Crippen LogP contribution >= 0.6 is 11.6 Å². The third kappa shape index (κ3) is 3.49. The third-order valence-corrected chi connectivity index (χ3v) is 3.54. The van der Waals surface area contributed by atoms with Crippen LogP contribution in [0.25, 0.3) is 0 Å². The van der Waals surface area contributed by atoms with Gasteiger partial charge in [-0.1, -0.05) is 30.7 Å². The monoisotopic (exact) mass is 275 g/mol. The van der Waals surface area contributed by atoms with Gasteiger partial charge in [0.2, 0.25) is 0 Å². The van der Waals surface area contributed by atoms with E-state index in [-0.39, 0.29) is 6.04 Å². The highest BCUT2D eigenvalue weighted by Gasteiger charge is 2.04. The van der Waals surface area contributed by atoms with E-state index in [9.17, 15) is 0 Å². The normalized spacial score (nSPS) is 12.2. The minimum absolute atomic E-state index is 0.0897. The SMILES string of the molecule is CC[C@@H](N)c1ccc(Oc2ccc(Cl)c(C)c2)cc1. The minimum Gasteiger partial charge on any atom is -0.457 e. The van der Waals surface area contributed by atoms with Crippen molar-refractivity contribution in [3.63, 3.8) is 0 Å². The van der Waals surface area contributed by atoms with Crippen LogP contribution < -0.4 is 10.5 Å². The highest BCUT2D eigenvalue weighted by Crippen LogP contribution is 2.26. The first kappa shape index (κ1) is 13.9. The number of benzene rings is 2. The van der Waals surface area contributed by atoms with Crippen molar-refractivity contribution in [3.8, 4) is 11.5 Å². The molecule has 100 valence electrons. The van der Waals surface area contributed by atoms with Crippen molar-refractivity contribution in [2.75, 3.05) is 0 Å². The summed E-state index contributed by atoms with van der Waals surface area (Å²) in [7, 11) is 0. The molecule has 2 nitrogen and oxygen atoms in total. The van der Waals surface area contributed by atoms with Gasteiger partial charge in [-0.2, -0.15) is 0 Å². The van der Waals surface area contributed by atoms with Gasteiger partial charge in [-0.15, -0.1) is 0 Å². The van der Waals surface area contributed by atoms with Gasteiger partial charge in [0.05, 0.1) is 0 Å². The lowest BCUT2D eigenvalue weighted by Gasteiger charge is -2.11. The second-order valence-corrected chi connectivity index (χ2v) is 5.00. The molecule has 0 aliphatic heterocycles. The zero-order valence-corrected chi connectivity index (χ0v) is 11.9. The Morgan fingerprint density at radius 1 is 1.11 bits per heavy atom. The molecule has 1 atom stereocenters. The van der Waals surface area contributed by atoms with Gasteiger partial charge < -0.3 is 10.5 Å². The summed E-state index contributed by atoms with van der Waals surface area (Å²) in [5.74, 6) is 1.59. The van der Waals surface area contributed by atoms with Gasteiger partial charge in [0, 0.05) is 11.1 Å². The van der Waals surface area contributed by atoms with E-state index in [1.807, 2.05) is 49.4 Å². The first-order chi connectivity index (χ1) is 9.10. The molecule has 2 N–H and O–H groups in total. The van der Waals surface area contributed by atoms with Crippen molar-refractivity contribution in [1.82, 2.24) is 0 Å². The summed E-state index contributed by atoms with van der Waals surface area (Å²) in [6.07, 6.45) is 0.927. The summed E-state index contributed by atoms with van der Waals surface area (Å²) in [6.45, 7) is 4.03. The molecular weight excluding hydrogens is 258 g/mol. The maximum Gasteiger partial charge on any atom is 0.127 e. The average molecular weight is 276 g/mol. The molecule has 2 aromatic carbocycles. The molecule has 0 saturated carbocycles. The van der Waals surface area contributed by atoms with Gasteiger partial charge in [-0.05, 0) is 54.8 Å². The number of ether oxygens (including phenoxy) is 1. The lowest BCUT2D eigenvalue weighted by atomic mass is 10.1. The fourth-order valence-electron chi connectivity index (χ4n) is 1.84. The molecule has 2 aromatic rings. The fraction of sp³-hybridized carbons (Fsp3) is 0.250. The second-order valence-electron chi connectivity index (χ2n) is 4.60. The largest absolute Gasteiger partial charge is 0.457 e. The lowest BCUT2D eigenvalue weighted by Crippen LogP contribution is -2.07. The van der Waals surface area contributed by atoms with Crippen molar-refractivity contribution in [2.24, 2.45) is 5.73 Å². The number of halogens is 1. The van der Waals surface area contributed by atoms with Crippen molar-refractivity contribution < 1.29 is 4.74 Å². The minimum atomic E-state index is 0.0897. The highest BCUT2D eigenvalue weighted by atomic mass is 35.5. The molecule has 19 heavy (non-hydrogen) atoms. The summed E-state index contributed by atoms with van der Waals surface area (Å²) in [5, 5.41) is 0.747. The van der Waals surface area contributed by atoms with Crippen molar-refractivity contribution in [1.29, 1.82) is 0 Å². The molecule has 0 aliphatic carbocycles. The molecule has 0 saturated heterocycles. The summed E-state index contributed by atoms with van der Waals surface area (Å²) in [4.78, 5) is 0. The van der Waals surface area contributed by atoms with Crippen molar-refractivity contribution in [2.45, 2.75) is 26.3 Å². The fourth-order valence-corrected chi connectivity index (χ4v) is 1.95. The van der Waals surface area contributed by atoms with E-state index in [1.165, 1.54) is 0 Å². The van der Waals surface area contributed by atoms with Crippen LogP contribution in [-0.2, 0) is 0 Å². The van der Waals surface area contributed by atoms with Gasteiger partial charge >= 0.3 is 0 Å². The Hall–Kier alpha value is -1.51. The zero-order chi connectivity index (χ0) is 13.8. The van der Waals surface area contributed by atoms with Crippen LogP contribution in [0.1, 0.15) is 30.5 Å². The molecule has 0 aliphatic rings. The van der Waals surface area contributed by atoms with Gasteiger partial charge in [0.15, 0.2) is 0 Å². The van der Waals surface area contributed by atoms with E-state index in [1.54, 1.807) is 0 Å². The lowest BCUT2D eigenvalue weighted by molar-refractivity contribution is 0.482. The van der Waals surface area contributed by atoms with Crippen LogP contribution in [0.3, 0.4) is 0 Å². The number of aryl methyl sites for hydroxylation is 1. The topological polar surface area (TPSA) is 35.2 Å². The van der Waals surface area contributed by atoms with Crippen LogP contribution in [0, 0.1) is 6.92 Å². The molecule has 2 rings (SSSR count). The van der Waals surface area contributed by atoms with Crippen LogP contribution in [-0.4, -0.2) is 0 Å². The third-order valence-electron chi connectivity index (χ3n) is 3.11. The summed E-state index contributed by atoms with van der Waals surface area (Å²) in [6, 6.07) is 13.6. The molecule has 0 fully saturated rings. The summed E-state index contributed by atoms with van der Waals surface area (Å²) >= 11 is 5.99. The molecule has 0 spiro atoms. The standard InChI is InChI=1S/C16H18ClNO/c1-3-16(18)12-4-6-13(7-5-12)19-14-8-9-15(17)11(2)10-14/h4-10,16H,3,18H2,1-2H3/t16-/m1/s1. The Balaban J connectivity index is 2.12. The summed E-state index contributed by atoms with van der Waals surface area (Å²) < 4.78 is 5.78. The number of hydrogen-bond acceptors (Lipinski definition) is 2. The van der Waals surface area contributed by atoms with Gasteiger partial charge in [-0.3, -0.25) is 0 Å². The highest BCUT2D eigenvalue weighted by molar-refractivity contribution is 6.31. The van der Waals surface area contributed by atoms with Crippen LogP contribution in [0.15, 0.2) is 42.5 Å². The zero-order valence-electron chi connectivity index (χ0n) is 11.2. The Morgan fingerprint density at radius 2 is 1.74 bits per heavy atom. The second kappa shape index (κ2) is 6.09. The number of hydrogen-bond donors (Lipinski definition) is 1. The van der Waals surface area contributed by atoms with E-state index < -0.39 is 0 Å². The van der Waals surface area contributed by atoms with Crippen LogP contribution in [0.5, 0.6) is 11.5 Å². The molecule has 0 heterocycles. The van der Waals surface area contributed by atoms with Gasteiger partial charge in [-0.25, -0.2) is 0 Å². The van der Waals surface area contributed by atoms with E-state index >= 15 is 0 Å². The predicted octanol–water partition coefficient (Wildman–Crippen LogP) is 4.85. The van der Waals surface area contributed by atoms with Crippen LogP contribution in [0.4, 0.5) is 0 Å². The average Bonchev–Trinajstić information content (AvgIpc) is 2.43. The Labute approximate surface area is 119 Å². The first-order valence-corrected chi connectivity index (χ1v) is 6.77. The molecule has 3 heteroatoms. The Morgan fingerprint density at radius 3 is 2.32 bits per heavy atom. The smallest absolute Gasteiger partial charge is 0.127 e. The van der Waals surface area contributed by atoms with Crippen LogP contribution in [0.2, 0.25) is 5.02 Å². The molecular formula is C16H18ClNO. The number of nitrogens with two attached hydrogens (primary N) is 1. The van der Waals surface area contributed by atoms with Gasteiger partial charge in [0.25, 0.3) is 0 Å². The van der Waals surface area contributed by atoms with E-state index in [0.717, 1.165) is 34.1 Å². The quantitative estimate of drug-likeness (QED) is 0.866. The molecule has 0 aromatic heterocycles. The maximum absolute atomic E-state index is 5.99. The van der Waals surface area contributed by atoms with E-state index in [2.05, 4.69) is 6.92 Å². The summed E-state index contributed by atoms with van der Waals surface area (Å²) in [5.41, 5.74) is 8.11. The Kier molecular flexibility index (Phi) is 4.46.